The van der Waals surface area contributed by atoms with Crippen LogP contribution in [0.1, 0.15) is 40.0 Å². The van der Waals surface area contributed by atoms with E-state index in [1.165, 1.54) is 12.8 Å². The van der Waals surface area contributed by atoms with E-state index in [2.05, 4.69) is 24.8 Å². The van der Waals surface area contributed by atoms with E-state index in [-0.39, 0.29) is 10.5 Å². The van der Waals surface area contributed by atoms with Crippen molar-refractivity contribution in [2.75, 3.05) is 19.1 Å². The van der Waals surface area contributed by atoms with Crippen molar-refractivity contribution in [2.24, 2.45) is 5.41 Å². The predicted octanol–water partition coefficient (Wildman–Crippen LogP) is 2.54. The van der Waals surface area contributed by atoms with Crippen LogP contribution in [0.4, 0.5) is 0 Å². The van der Waals surface area contributed by atoms with Crippen molar-refractivity contribution in [3.05, 3.63) is 0 Å². The number of rotatable bonds is 6. The van der Waals surface area contributed by atoms with Gasteiger partial charge in [0.2, 0.25) is 0 Å². The van der Waals surface area contributed by atoms with Crippen LogP contribution in [0, 0.1) is 5.41 Å². The number of carboxylic acid groups (broad SMARTS) is 1. The van der Waals surface area contributed by atoms with Crippen LogP contribution < -0.4 is 5.32 Å². The summed E-state index contributed by atoms with van der Waals surface area (Å²) in [4.78, 5) is 12.2. The maximum absolute atomic E-state index is 11.2. The number of carboxylic acids is 1. The lowest BCUT2D eigenvalue weighted by Gasteiger charge is -2.25. The zero-order chi connectivity index (χ0) is 12.8. The summed E-state index contributed by atoms with van der Waals surface area (Å²) in [5.41, 5.74) is -0.779. The SMILES string of the molecule is CCCCCNC(=S(C)C)C(C)(C)C(=O)O. The second-order valence-electron chi connectivity index (χ2n) is 4.71. The molecule has 0 saturated heterocycles. The van der Waals surface area contributed by atoms with Crippen LogP contribution in [0.2, 0.25) is 0 Å². The molecular weight excluding hydrogens is 222 g/mol. The van der Waals surface area contributed by atoms with Gasteiger partial charge in [-0.1, -0.05) is 19.8 Å². The van der Waals surface area contributed by atoms with Gasteiger partial charge >= 0.3 is 5.97 Å². The first-order valence-electron chi connectivity index (χ1n) is 5.76. The van der Waals surface area contributed by atoms with Gasteiger partial charge < -0.3 is 5.11 Å². The van der Waals surface area contributed by atoms with Gasteiger partial charge in [0.15, 0.2) is 0 Å². The Morgan fingerprint density at radius 1 is 1.31 bits per heavy atom. The fourth-order valence-corrected chi connectivity index (χ4v) is 3.05. The molecule has 0 spiro atoms. The van der Waals surface area contributed by atoms with Gasteiger partial charge in [-0.15, -0.1) is 0 Å². The van der Waals surface area contributed by atoms with Crippen molar-refractivity contribution >= 4 is 21.4 Å². The van der Waals surface area contributed by atoms with Gasteiger partial charge in [-0.25, -0.2) is 0 Å². The van der Waals surface area contributed by atoms with Gasteiger partial charge in [-0.05, 0) is 32.8 Å². The number of carbonyl (C=O) groups is 1. The average Bonchev–Trinajstić information content (AvgIpc) is 2.16. The molecule has 0 fully saturated rings. The molecule has 0 atom stereocenters. The molecule has 16 heavy (non-hydrogen) atoms. The molecule has 0 unspecified atom stereocenters. The Kier molecular flexibility index (Phi) is 6.91. The lowest BCUT2D eigenvalue weighted by Crippen LogP contribution is -2.42. The summed E-state index contributed by atoms with van der Waals surface area (Å²) < 4.78 is 0. The van der Waals surface area contributed by atoms with Crippen LogP contribution in [0.5, 0.6) is 0 Å². The van der Waals surface area contributed by atoms with E-state index in [0.29, 0.717) is 0 Å². The van der Waals surface area contributed by atoms with Crippen LogP contribution in [-0.2, 0) is 4.79 Å². The smallest absolute Gasteiger partial charge is 0.315 e. The van der Waals surface area contributed by atoms with E-state index in [1.54, 1.807) is 13.8 Å². The molecule has 0 radical (unpaired) electrons. The maximum Gasteiger partial charge on any atom is 0.315 e. The standard InChI is InChI=1S/C12H25NO2S/c1-6-7-8-9-13-10(16(4)5)12(2,3)11(14)15/h13H,6-9H2,1-5H3,(H,14,15). The molecule has 0 bridgehead atoms. The average molecular weight is 247 g/mol. The third kappa shape index (κ3) is 4.66. The molecule has 2 N–H and O–H groups in total. The second kappa shape index (κ2) is 7.07. The highest BCUT2D eigenvalue weighted by Crippen LogP contribution is 2.22. The molecule has 0 amide bonds. The monoisotopic (exact) mass is 247 g/mol. The number of unbranched alkanes of at least 4 members (excludes halogenated alkanes) is 2. The van der Waals surface area contributed by atoms with E-state index >= 15 is 0 Å². The molecule has 96 valence electrons. The topological polar surface area (TPSA) is 49.3 Å². The summed E-state index contributed by atoms with van der Waals surface area (Å²) in [5, 5.41) is 12.5. The third-order valence-electron chi connectivity index (χ3n) is 2.58. The van der Waals surface area contributed by atoms with Gasteiger partial charge in [0.05, 0.1) is 0 Å². The summed E-state index contributed by atoms with van der Waals surface area (Å²) in [5.74, 6) is -0.758. The number of aliphatic carboxylic acids is 1. The molecule has 4 heteroatoms. The Morgan fingerprint density at radius 2 is 1.88 bits per heavy atom. The minimum Gasteiger partial charge on any atom is -0.481 e. The van der Waals surface area contributed by atoms with E-state index < -0.39 is 11.4 Å². The second-order valence-corrected chi connectivity index (χ2v) is 6.75. The van der Waals surface area contributed by atoms with Crippen molar-refractivity contribution in [3.63, 3.8) is 0 Å². The Bertz CT molecular complexity index is 268. The largest absolute Gasteiger partial charge is 0.481 e. The summed E-state index contributed by atoms with van der Waals surface area (Å²) in [6, 6.07) is 0. The lowest BCUT2D eigenvalue weighted by atomic mass is 9.93. The summed E-state index contributed by atoms with van der Waals surface area (Å²) in [7, 11) is -0.0241. The molecular formula is C12H25NO2S. The normalized spacial score (nSPS) is 11.9. The van der Waals surface area contributed by atoms with Gasteiger partial charge in [-0.3, -0.25) is 10.1 Å². The first kappa shape index (κ1) is 15.7. The van der Waals surface area contributed by atoms with Crippen LogP contribution in [0.3, 0.4) is 0 Å². The molecule has 3 nitrogen and oxygen atoms in total. The van der Waals surface area contributed by atoms with E-state index in [9.17, 15) is 9.90 Å². The first-order valence-corrected chi connectivity index (χ1v) is 7.80. The van der Waals surface area contributed by atoms with Gasteiger partial charge in [0.25, 0.3) is 0 Å². The zero-order valence-corrected chi connectivity index (χ0v) is 11.9. The quantitative estimate of drug-likeness (QED) is 0.560. The molecule has 0 aliphatic carbocycles. The Morgan fingerprint density at radius 3 is 2.25 bits per heavy atom. The van der Waals surface area contributed by atoms with Crippen molar-refractivity contribution in [3.8, 4) is 0 Å². The van der Waals surface area contributed by atoms with Crippen LogP contribution in [0.15, 0.2) is 0 Å². The molecule has 0 aromatic rings. The molecule has 0 aromatic carbocycles. The minimum absolute atomic E-state index is 0.0241. The molecule has 0 heterocycles. The summed E-state index contributed by atoms with van der Waals surface area (Å²) in [6.45, 7) is 6.58. The summed E-state index contributed by atoms with van der Waals surface area (Å²) >= 11 is 0. The van der Waals surface area contributed by atoms with Crippen molar-refractivity contribution in [1.29, 1.82) is 0 Å². The Hall–Kier alpha value is -0.350. The molecule has 0 saturated carbocycles. The first-order chi connectivity index (χ1) is 7.34. The number of hydrogen-bond acceptors (Lipinski definition) is 1. The summed E-state index contributed by atoms with van der Waals surface area (Å²) in [6.07, 6.45) is 7.60. The van der Waals surface area contributed by atoms with Gasteiger partial charge in [0.1, 0.15) is 5.41 Å². The van der Waals surface area contributed by atoms with E-state index in [1.807, 2.05) is 0 Å². The fraction of sp³-hybridized carbons (Fsp3) is 0.833. The molecule has 0 rings (SSSR count). The highest BCUT2D eigenvalue weighted by atomic mass is 32.2. The molecule has 0 aliphatic rings. The Balaban J connectivity index is 4.54. The highest BCUT2D eigenvalue weighted by molar-refractivity contribution is 8.14. The van der Waals surface area contributed by atoms with Crippen molar-refractivity contribution in [1.82, 2.24) is 5.32 Å². The molecule has 0 aliphatic heterocycles. The number of hydrogen-bond donors (Lipinski definition) is 2. The Labute approximate surface area is 102 Å². The molecule has 0 aromatic heterocycles. The van der Waals surface area contributed by atoms with E-state index in [0.717, 1.165) is 18.0 Å². The van der Waals surface area contributed by atoms with Crippen LogP contribution >= 0.6 is 10.5 Å². The lowest BCUT2D eigenvalue weighted by molar-refractivity contribution is -0.143. The van der Waals surface area contributed by atoms with Crippen molar-refractivity contribution < 1.29 is 9.90 Å². The van der Waals surface area contributed by atoms with Gasteiger partial charge in [-0.2, -0.15) is 10.5 Å². The zero-order valence-electron chi connectivity index (χ0n) is 11.1. The maximum atomic E-state index is 11.2. The minimum atomic E-state index is -0.779. The highest BCUT2D eigenvalue weighted by Gasteiger charge is 2.32. The predicted molar refractivity (Wildman–Crippen MR) is 73.4 cm³/mol. The number of nitrogens with one attached hydrogen (secondary N) is 1. The van der Waals surface area contributed by atoms with Crippen LogP contribution in [0.25, 0.3) is 0 Å². The van der Waals surface area contributed by atoms with Crippen LogP contribution in [-0.4, -0.2) is 35.1 Å². The van der Waals surface area contributed by atoms with E-state index in [4.69, 9.17) is 0 Å². The fourth-order valence-electron chi connectivity index (χ4n) is 1.55. The van der Waals surface area contributed by atoms with Gasteiger partial charge in [0, 0.05) is 11.5 Å². The third-order valence-corrected chi connectivity index (χ3v) is 4.05. The van der Waals surface area contributed by atoms with Crippen molar-refractivity contribution in [2.45, 2.75) is 40.0 Å².